The Labute approximate surface area is 97.5 Å². The van der Waals surface area contributed by atoms with Gasteiger partial charge in [0.15, 0.2) is 0 Å². The van der Waals surface area contributed by atoms with Gasteiger partial charge in [-0.2, -0.15) is 0 Å². The third-order valence-electron chi connectivity index (χ3n) is 4.55. The van der Waals surface area contributed by atoms with Crippen molar-refractivity contribution in [1.29, 1.82) is 0 Å². The van der Waals surface area contributed by atoms with E-state index in [9.17, 15) is 5.11 Å². The highest BCUT2D eigenvalue weighted by Gasteiger charge is 2.52. The fraction of sp³-hybridized carbons (Fsp3) is 0.600. The Morgan fingerprint density at radius 2 is 1.69 bits per heavy atom. The van der Waals surface area contributed by atoms with Gasteiger partial charge >= 0.3 is 0 Å². The predicted molar refractivity (Wildman–Crippen MR) is 65.3 cm³/mol. The molecule has 0 heterocycles. The van der Waals surface area contributed by atoms with E-state index in [2.05, 4.69) is 30.3 Å². The second kappa shape index (κ2) is 3.89. The summed E-state index contributed by atoms with van der Waals surface area (Å²) in [5.41, 5.74) is 1.48. The van der Waals surface area contributed by atoms with Crippen LogP contribution in [0.1, 0.15) is 44.1 Å². The van der Waals surface area contributed by atoms with Crippen molar-refractivity contribution in [2.75, 3.05) is 0 Å². The van der Waals surface area contributed by atoms with Crippen molar-refractivity contribution in [3.8, 4) is 0 Å². The van der Waals surface area contributed by atoms with E-state index in [0.717, 1.165) is 0 Å². The molecule has 0 spiro atoms. The molecule has 1 aromatic rings. The summed E-state index contributed by atoms with van der Waals surface area (Å²) >= 11 is 0. The summed E-state index contributed by atoms with van der Waals surface area (Å²) in [5.74, 6) is 0.558. The fourth-order valence-electron chi connectivity index (χ4n) is 3.38. The zero-order valence-corrected chi connectivity index (χ0v) is 9.73. The molecule has 0 radical (unpaired) electrons. The number of benzene rings is 1. The van der Waals surface area contributed by atoms with E-state index in [-0.39, 0.29) is 11.5 Å². The smallest absolute Gasteiger partial charge is 0.0664 e. The molecule has 0 saturated heterocycles. The second-order valence-corrected chi connectivity index (χ2v) is 5.51. The summed E-state index contributed by atoms with van der Waals surface area (Å²) in [4.78, 5) is 0. The van der Waals surface area contributed by atoms with Crippen molar-refractivity contribution < 1.29 is 5.11 Å². The largest absolute Gasteiger partial charge is 0.392 e. The molecule has 2 aliphatic carbocycles. The lowest BCUT2D eigenvalue weighted by molar-refractivity contribution is 0.0723. The molecule has 3 rings (SSSR count). The van der Waals surface area contributed by atoms with Gasteiger partial charge in [-0.15, -0.1) is 0 Å². The summed E-state index contributed by atoms with van der Waals surface area (Å²) in [5, 5.41) is 10.6. The number of aliphatic hydroxyl groups excluding tert-OH is 1. The van der Waals surface area contributed by atoms with Crippen LogP contribution in [0.5, 0.6) is 0 Å². The molecule has 2 aliphatic rings. The van der Waals surface area contributed by atoms with E-state index >= 15 is 0 Å². The zero-order valence-electron chi connectivity index (χ0n) is 9.73. The van der Waals surface area contributed by atoms with Gasteiger partial charge in [-0.3, -0.25) is 0 Å². The van der Waals surface area contributed by atoms with Crippen LogP contribution in [-0.4, -0.2) is 11.2 Å². The molecular formula is C15H20O. The topological polar surface area (TPSA) is 20.2 Å². The average Bonchev–Trinajstić information content (AvgIpc) is 2.97. The molecular weight excluding hydrogens is 196 g/mol. The average molecular weight is 216 g/mol. The zero-order chi connectivity index (χ0) is 11.0. The van der Waals surface area contributed by atoms with Crippen LogP contribution < -0.4 is 0 Å². The SMILES string of the molecule is OC(C1CCCC1)C1(c2ccccc2)CC1. The van der Waals surface area contributed by atoms with Gasteiger partial charge in [0.05, 0.1) is 6.10 Å². The van der Waals surface area contributed by atoms with Crippen LogP contribution in [0.4, 0.5) is 0 Å². The van der Waals surface area contributed by atoms with Gasteiger partial charge in [0, 0.05) is 5.41 Å². The molecule has 0 aliphatic heterocycles. The molecule has 2 saturated carbocycles. The lowest BCUT2D eigenvalue weighted by atomic mass is 9.82. The molecule has 1 unspecified atom stereocenters. The van der Waals surface area contributed by atoms with Crippen molar-refractivity contribution in [2.45, 2.75) is 50.0 Å². The summed E-state index contributed by atoms with van der Waals surface area (Å²) in [6, 6.07) is 10.6. The highest BCUT2D eigenvalue weighted by Crippen LogP contribution is 2.54. The Hall–Kier alpha value is -0.820. The Bertz CT molecular complexity index is 347. The maximum Gasteiger partial charge on any atom is 0.0664 e. The minimum atomic E-state index is -0.0996. The van der Waals surface area contributed by atoms with Gasteiger partial charge < -0.3 is 5.11 Å². The Kier molecular flexibility index (Phi) is 2.51. The normalized spacial score (nSPS) is 25.6. The highest BCUT2D eigenvalue weighted by molar-refractivity contribution is 5.33. The molecule has 86 valence electrons. The van der Waals surface area contributed by atoms with Gasteiger partial charge in [0.1, 0.15) is 0 Å². The van der Waals surface area contributed by atoms with Gasteiger partial charge in [-0.25, -0.2) is 0 Å². The first-order valence-electron chi connectivity index (χ1n) is 6.56. The lowest BCUT2D eigenvalue weighted by Gasteiger charge is -2.27. The van der Waals surface area contributed by atoms with Crippen LogP contribution in [-0.2, 0) is 5.41 Å². The van der Waals surface area contributed by atoms with Crippen LogP contribution in [0.3, 0.4) is 0 Å². The Balaban J connectivity index is 1.82. The molecule has 1 aromatic carbocycles. The second-order valence-electron chi connectivity index (χ2n) is 5.51. The van der Waals surface area contributed by atoms with E-state index < -0.39 is 0 Å². The van der Waals surface area contributed by atoms with Gasteiger partial charge in [0.25, 0.3) is 0 Å². The van der Waals surface area contributed by atoms with E-state index in [1.54, 1.807) is 0 Å². The molecule has 1 atom stereocenters. The quantitative estimate of drug-likeness (QED) is 0.822. The molecule has 1 N–H and O–H groups in total. The number of hydrogen-bond acceptors (Lipinski definition) is 1. The maximum atomic E-state index is 10.6. The number of hydrogen-bond donors (Lipinski definition) is 1. The fourth-order valence-corrected chi connectivity index (χ4v) is 3.38. The molecule has 1 heteroatoms. The Morgan fingerprint density at radius 1 is 1.06 bits per heavy atom. The third-order valence-corrected chi connectivity index (χ3v) is 4.55. The van der Waals surface area contributed by atoms with Crippen LogP contribution in [0, 0.1) is 5.92 Å². The minimum Gasteiger partial charge on any atom is -0.392 e. The highest BCUT2D eigenvalue weighted by atomic mass is 16.3. The van der Waals surface area contributed by atoms with Crippen molar-refractivity contribution in [3.05, 3.63) is 35.9 Å². The lowest BCUT2D eigenvalue weighted by Crippen LogP contribution is -2.32. The maximum absolute atomic E-state index is 10.6. The van der Waals surface area contributed by atoms with Gasteiger partial charge in [0.2, 0.25) is 0 Å². The molecule has 0 aromatic heterocycles. The number of aliphatic hydroxyl groups is 1. The summed E-state index contributed by atoms with van der Waals surface area (Å²) < 4.78 is 0. The van der Waals surface area contributed by atoms with Crippen molar-refractivity contribution in [3.63, 3.8) is 0 Å². The van der Waals surface area contributed by atoms with E-state index in [1.165, 1.54) is 44.1 Å². The molecule has 1 nitrogen and oxygen atoms in total. The standard InChI is InChI=1S/C15H20O/c16-14(12-6-4-5-7-12)15(10-11-15)13-8-2-1-3-9-13/h1-3,8-9,12,14,16H,4-7,10-11H2. The summed E-state index contributed by atoms with van der Waals surface area (Å²) in [6.45, 7) is 0. The molecule has 0 bridgehead atoms. The van der Waals surface area contributed by atoms with Crippen LogP contribution in [0.25, 0.3) is 0 Å². The van der Waals surface area contributed by atoms with E-state index in [1.807, 2.05) is 0 Å². The Morgan fingerprint density at radius 3 is 2.25 bits per heavy atom. The molecule has 0 amide bonds. The number of rotatable bonds is 3. The van der Waals surface area contributed by atoms with Crippen molar-refractivity contribution in [2.24, 2.45) is 5.92 Å². The van der Waals surface area contributed by atoms with Gasteiger partial charge in [-0.1, -0.05) is 43.2 Å². The summed E-state index contributed by atoms with van der Waals surface area (Å²) in [7, 11) is 0. The van der Waals surface area contributed by atoms with Crippen molar-refractivity contribution in [1.82, 2.24) is 0 Å². The molecule has 16 heavy (non-hydrogen) atoms. The third kappa shape index (κ3) is 1.58. The van der Waals surface area contributed by atoms with Crippen molar-refractivity contribution >= 4 is 0 Å². The van der Waals surface area contributed by atoms with Crippen LogP contribution in [0.2, 0.25) is 0 Å². The van der Waals surface area contributed by atoms with Gasteiger partial charge in [-0.05, 0) is 37.2 Å². The first-order chi connectivity index (χ1) is 7.83. The summed E-state index contributed by atoms with van der Waals surface area (Å²) in [6.07, 6.45) is 7.34. The minimum absolute atomic E-state index is 0.0996. The first-order valence-corrected chi connectivity index (χ1v) is 6.56. The first kappa shape index (κ1) is 10.3. The molecule has 2 fully saturated rings. The van der Waals surface area contributed by atoms with E-state index in [0.29, 0.717) is 5.92 Å². The van der Waals surface area contributed by atoms with Crippen LogP contribution in [0.15, 0.2) is 30.3 Å². The monoisotopic (exact) mass is 216 g/mol. The van der Waals surface area contributed by atoms with Crippen LogP contribution >= 0.6 is 0 Å². The predicted octanol–water partition coefficient (Wildman–Crippen LogP) is 3.27. The van der Waals surface area contributed by atoms with E-state index in [4.69, 9.17) is 0 Å².